The van der Waals surface area contributed by atoms with Crippen LogP contribution in [-0.4, -0.2) is 163 Å². The number of rotatable bonds is 18. The number of alkyl halides is 9. The fourth-order valence-electron chi connectivity index (χ4n) is 13.1. The number of halogens is 9. The van der Waals surface area contributed by atoms with Crippen molar-refractivity contribution in [3.8, 4) is 39.1 Å². The molecule has 0 spiro atoms. The second kappa shape index (κ2) is 36.2. The highest BCUT2D eigenvalue weighted by molar-refractivity contribution is 6.03. The first-order valence-electron chi connectivity index (χ1n) is 38.0. The Bertz CT molecular complexity index is 5510. The first kappa shape index (κ1) is 85.3. The summed E-state index contributed by atoms with van der Waals surface area (Å²) in [6, 6.07) is 37.5. The Kier molecular flexibility index (Phi) is 26.2. The first-order chi connectivity index (χ1) is 56.0. The van der Waals surface area contributed by atoms with Crippen molar-refractivity contribution in [1.29, 1.82) is 0 Å². The van der Waals surface area contributed by atoms with Gasteiger partial charge in [-0.05, 0) is 156 Å². The number of fused-ring (bicyclic) bond motifs is 3. The number of ether oxygens (including phenoxy) is 3. The average molecular weight is 1630 g/mol. The van der Waals surface area contributed by atoms with Gasteiger partial charge in [-0.3, -0.25) is 19.2 Å². The normalized spacial score (nSPS) is 13.8. The molecule has 0 atom stereocenters. The molecule has 0 unspecified atom stereocenters. The second-order valence-corrected chi connectivity index (χ2v) is 30.7. The molecule has 14 rings (SSSR count). The Morgan fingerprint density at radius 3 is 1.35 bits per heavy atom. The highest BCUT2D eigenvalue weighted by Crippen LogP contribution is 2.41. The van der Waals surface area contributed by atoms with E-state index in [-0.39, 0.29) is 52.4 Å². The van der Waals surface area contributed by atoms with E-state index in [4.69, 9.17) is 24.2 Å². The van der Waals surface area contributed by atoms with Gasteiger partial charge in [0.15, 0.2) is 16.9 Å². The number of morpholine rings is 2. The number of likely N-dealkylation sites (N-methyl/N-ethyl adjacent to an activating group) is 1. The third-order valence-electron chi connectivity index (χ3n) is 19.5. The zero-order valence-corrected chi connectivity index (χ0v) is 66.7. The summed E-state index contributed by atoms with van der Waals surface area (Å²) in [6.45, 7) is 20.4. The fourth-order valence-corrected chi connectivity index (χ4v) is 13.1. The number of aromatic nitrogens is 9. The minimum Gasteiger partial charge on any atom is -0.492 e. The van der Waals surface area contributed by atoms with E-state index in [1.54, 1.807) is 83.3 Å². The van der Waals surface area contributed by atoms with Gasteiger partial charge in [0, 0.05) is 139 Å². The Hall–Kier alpha value is -12.0. The van der Waals surface area contributed by atoms with Gasteiger partial charge in [0.05, 0.1) is 68.3 Å². The maximum atomic E-state index is 13.9. The lowest BCUT2D eigenvalue weighted by Gasteiger charge is -2.27. The molecule has 2 aliphatic heterocycles. The van der Waals surface area contributed by atoms with E-state index < -0.39 is 53.3 Å². The molecule has 6 amide bonds. The minimum absolute atomic E-state index is 0.00753. The maximum Gasteiger partial charge on any atom is 0.420 e. The number of hydrogen-bond donors (Lipinski definition) is 6. The molecule has 24 nitrogen and oxygen atoms in total. The van der Waals surface area contributed by atoms with E-state index in [9.17, 15) is 53.9 Å². The number of carbonyl (C=O) groups excluding carboxylic acids is 3. The summed E-state index contributed by atoms with van der Waals surface area (Å²) in [4.78, 5) is 57.8. The molecule has 620 valence electrons. The van der Waals surface area contributed by atoms with Crippen molar-refractivity contribution in [2.24, 2.45) is 14.1 Å². The molecule has 2 aliphatic rings. The largest absolute Gasteiger partial charge is 0.492 e. The lowest BCUT2D eigenvalue weighted by molar-refractivity contribution is -0.139. The molecule has 6 aromatic heterocycles. The fraction of sp³-hybridized carbons (Fsp3) is 0.329. The molecule has 0 bridgehead atoms. The van der Waals surface area contributed by atoms with Crippen LogP contribution >= 0.6 is 0 Å². The molecule has 8 heterocycles. The molecule has 118 heavy (non-hydrogen) atoms. The van der Waals surface area contributed by atoms with Crippen LogP contribution in [-0.2, 0) is 66.0 Å². The van der Waals surface area contributed by atoms with Gasteiger partial charge in [-0.2, -0.15) is 54.8 Å². The Labute approximate surface area is 675 Å². The number of nitrogens with zero attached hydrogens (tertiary/aromatic N) is 12. The summed E-state index contributed by atoms with van der Waals surface area (Å²) in [7, 11) is 7.30. The van der Waals surface area contributed by atoms with Crippen molar-refractivity contribution < 1.29 is 68.1 Å². The third-order valence-corrected chi connectivity index (χ3v) is 19.5. The quantitative estimate of drug-likeness (QED) is 0.0437. The summed E-state index contributed by atoms with van der Waals surface area (Å²) >= 11 is 0. The van der Waals surface area contributed by atoms with Crippen LogP contribution in [0.15, 0.2) is 176 Å². The van der Waals surface area contributed by atoms with Crippen molar-refractivity contribution >= 4 is 85.3 Å². The SMILES string of the molecule is CN(C)CCOc1ccc(NC(=O)Nc2ccc(-c3cc(C(C)(C)C)nc4c3cnn4C)cc2)cc1C(F)(F)F.Cn1ncc2c(-c3ccc(NC(=O)Nc4ccc(CN5CCOCC5)c(C(F)(F)F)c4)cc3)cc(C(C)(C)C)nc21.O=C(Nc1ccc(-c2ccnc3c2cnn3CCN2CCOCC2)cc1)Nc1cccc(C(F)(F)F)c1. The minimum atomic E-state index is -4.64. The summed E-state index contributed by atoms with van der Waals surface area (Å²) in [5, 5.41) is 31.5. The number of amides is 6. The van der Waals surface area contributed by atoms with E-state index in [1.807, 2.05) is 78.4 Å². The lowest BCUT2D eigenvalue weighted by atomic mass is 9.89. The highest BCUT2D eigenvalue weighted by Gasteiger charge is 2.37. The molecule has 0 aliphatic carbocycles. The Balaban J connectivity index is 0.000000163. The zero-order valence-electron chi connectivity index (χ0n) is 66.7. The third kappa shape index (κ3) is 22.0. The predicted molar refractivity (Wildman–Crippen MR) is 438 cm³/mol. The molecular formula is C85H91F9N18O6. The molecule has 0 saturated carbocycles. The van der Waals surface area contributed by atoms with Crippen LogP contribution in [0.2, 0.25) is 0 Å². The van der Waals surface area contributed by atoms with Gasteiger partial charge in [0.2, 0.25) is 0 Å². The molecule has 12 aromatic rings. The smallest absolute Gasteiger partial charge is 0.420 e. The topological polar surface area (TPSA) is 253 Å². The van der Waals surface area contributed by atoms with Crippen LogP contribution in [0.1, 0.15) is 75.2 Å². The van der Waals surface area contributed by atoms with E-state index in [2.05, 4.69) is 105 Å². The Morgan fingerprint density at radius 1 is 0.458 bits per heavy atom. The van der Waals surface area contributed by atoms with Crippen molar-refractivity contribution in [2.45, 2.75) is 84.0 Å². The van der Waals surface area contributed by atoms with Crippen LogP contribution in [0.5, 0.6) is 5.75 Å². The van der Waals surface area contributed by atoms with E-state index >= 15 is 0 Å². The van der Waals surface area contributed by atoms with E-state index in [0.29, 0.717) is 49.9 Å². The van der Waals surface area contributed by atoms with Crippen molar-refractivity contribution in [1.82, 2.24) is 59.0 Å². The molecule has 6 N–H and O–H groups in total. The monoisotopic (exact) mass is 1630 g/mol. The molecule has 2 saturated heterocycles. The number of urea groups is 3. The average Bonchev–Trinajstić information content (AvgIpc) is 1.58. The number of carbonyl (C=O) groups is 3. The van der Waals surface area contributed by atoms with Crippen molar-refractivity contribution in [3.05, 3.63) is 210 Å². The van der Waals surface area contributed by atoms with E-state index in [1.165, 1.54) is 36.4 Å². The van der Waals surface area contributed by atoms with Gasteiger partial charge in [-0.25, -0.2) is 34.0 Å². The standard InChI is InChI=1S/C30H33F3N6O2.C29H33F3N6O2.C26H25F3N6O2/c1-29(2,3)26-16-23(24-17-34-38(4)27(24)37-26)19-5-8-21(9-6-19)35-28(40)36-22-10-7-20(25(15-22)30(31,32)33)18-39-11-13-41-14-12-39;1-28(2,3)25-16-21(22-17-33-38(6)26(22)36-25)18-7-9-19(10-8-18)34-27(39)35-20-11-12-24(40-14-13-37(4)5)23(15-20)29(30,31)32;27-26(28,29)19-2-1-3-21(16-19)33-25(36)32-20-6-4-18(5-7-20)22-8-9-30-24-23(22)17-31-35(24)11-10-34-12-14-37-15-13-34/h5-10,15-17H,11-14,18H2,1-4H3,(H2,35,36,40);7-12,15-17H,13-14H2,1-6H3,(H2,34,35,39);1-9,16-17H,10-15H2,(H2,32,33,36). The van der Waals surface area contributed by atoms with Crippen molar-refractivity contribution in [3.63, 3.8) is 0 Å². The zero-order chi connectivity index (χ0) is 84.4. The van der Waals surface area contributed by atoms with Gasteiger partial charge in [0.1, 0.15) is 12.4 Å². The second-order valence-electron chi connectivity index (χ2n) is 30.7. The van der Waals surface area contributed by atoms with E-state index in [0.717, 1.165) is 142 Å². The summed E-state index contributed by atoms with van der Waals surface area (Å²) in [5.41, 5.74) is 8.71. The number of aryl methyl sites for hydroxylation is 2. The number of benzene rings is 6. The van der Waals surface area contributed by atoms with Crippen molar-refractivity contribution in [2.75, 3.05) is 118 Å². The number of anilines is 6. The molecule has 6 aromatic carbocycles. The van der Waals surface area contributed by atoms with Gasteiger partial charge in [-0.15, -0.1) is 0 Å². The van der Waals surface area contributed by atoms with Crippen LogP contribution < -0.4 is 36.6 Å². The summed E-state index contributed by atoms with van der Waals surface area (Å²) in [6.07, 6.45) is -6.56. The number of nitrogens with one attached hydrogen (secondary N) is 6. The predicted octanol–water partition coefficient (Wildman–Crippen LogP) is 18.1. The molecule has 0 radical (unpaired) electrons. The highest BCUT2D eigenvalue weighted by atomic mass is 19.4. The van der Waals surface area contributed by atoms with Crippen LogP contribution in [0.25, 0.3) is 66.5 Å². The Morgan fingerprint density at radius 2 is 0.881 bits per heavy atom. The summed E-state index contributed by atoms with van der Waals surface area (Å²) < 4.78 is 143. The van der Waals surface area contributed by atoms with Crippen LogP contribution in [0.4, 0.5) is 88.0 Å². The number of pyridine rings is 3. The summed E-state index contributed by atoms with van der Waals surface area (Å²) in [5.74, 6) is -0.288. The lowest BCUT2D eigenvalue weighted by Crippen LogP contribution is -2.38. The maximum absolute atomic E-state index is 13.9. The van der Waals surface area contributed by atoms with Gasteiger partial charge < -0.3 is 51.0 Å². The van der Waals surface area contributed by atoms with Gasteiger partial charge >= 0.3 is 36.6 Å². The number of hydrogen-bond acceptors (Lipinski definition) is 15. The molecule has 33 heteroatoms. The molecule has 2 fully saturated rings. The van der Waals surface area contributed by atoms with Gasteiger partial charge in [-0.1, -0.05) is 90.1 Å². The first-order valence-corrected chi connectivity index (χ1v) is 38.0. The van der Waals surface area contributed by atoms with Crippen LogP contribution in [0.3, 0.4) is 0 Å². The van der Waals surface area contributed by atoms with Crippen LogP contribution in [0, 0.1) is 0 Å². The molecular weight excluding hydrogens is 1540 g/mol. The van der Waals surface area contributed by atoms with Gasteiger partial charge in [0.25, 0.3) is 0 Å².